The van der Waals surface area contributed by atoms with E-state index in [-0.39, 0.29) is 6.61 Å². The molecule has 2 aromatic rings. The van der Waals surface area contributed by atoms with Crippen molar-refractivity contribution in [2.24, 2.45) is 0 Å². The Bertz CT molecular complexity index is 840. The van der Waals surface area contributed by atoms with Crippen molar-refractivity contribution < 1.29 is 19.3 Å². The van der Waals surface area contributed by atoms with E-state index in [0.29, 0.717) is 18.4 Å². The normalized spacial score (nSPS) is 18.0. The molecule has 1 fully saturated rings. The van der Waals surface area contributed by atoms with Gasteiger partial charge < -0.3 is 19.3 Å². The smallest absolute Gasteiger partial charge is 0.231 e. The monoisotopic (exact) mass is 418 g/mol. The molecule has 4 rings (SSSR count). The van der Waals surface area contributed by atoms with E-state index in [0.717, 1.165) is 55.5 Å². The van der Waals surface area contributed by atoms with Crippen LogP contribution in [-0.2, 0) is 6.54 Å². The molecule has 2 aromatic carbocycles. The van der Waals surface area contributed by atoms with E-state index in [9.17, 15) is 5.11 Å². The molecule has 2 aliphatic heterocycles. The van der Waals surface area contributed by atoms with Crippen molar-refractivity contribution in [2.75, 3.05) is 46.1 Å². The molecule has 1 N–H and O–H groups in total. The molecule has 2 aliphatic rings. The van der Waals surface area contributed by atoms with Crippen molar-refractivity contribution >= 4 is 11.6 Å². The van der Waals surface area contributed by atoms with Gasteiger partial charge in [-0.1, -0.05) is 17.7 Å². The van der Waals surface area contributed by atoms with Crippen molar-refractivity contribution in [3.05, 3.63) is 52.5 Å². The molecule has 0 aromatic heterocycles. The fourth-order valence-electron chi connectivity index (χ4n) is 3.74. The molecule has 0 spiro atoms. The third-order valence-corrected chi connectivity index (χ3v) is 5.58. The van der Waals surface area contributed by atoms with Gasteiger partial charge in [0.1, 0.15) is 18.5 Å². The van der Waals surface area contributed by atoms with Crippen LogP contribution in [0.15, 0.2) is 36.4 Å². The van der Waals surface area contributed by atoms with Crippen LogP contribution in [0.2, 0.25) is 5.02 Å². The van der Waals surface area contributed by atoms with E-state index in [1.807, 2.05) is 25.1 Å². The van der Waals surface area contributed by atoms with Crippen LogP contribution in [0.3, 0.4) is 0 Å². The van der Waals surface area contributed by atoms with Crippen LogP contribution in [0.5, 0.6) is 17.2 Å². The van der Waals surface area contributed by atoms with Crippen LogP contribution in [0, 0.1) is 6.92 Å². The summed E-state index contributed by atoms with van der Waals surface area (Å²) in [6, 6.07) is 11.7. The van der Waals surface area contributed by atoms with Crippen LogP contribution >= 0.6 is 11.6 Å². The number of hydrogen-bond donors (Lipinski definition) is 1. The molecular formula is C22H27ClN2O4. The molecule has 0 amide bonds. The second kappa shape index (κ2) is 9.22. The summed E-state index contributed by atoms with van der Waals surface area (Å²) in [5.41, 5.74) is 2.20. The van der Waals surface area contributed by atoms with Gasteiger partial charge in [0.05, 0.1) is 0 Å². The molecule has 0 radical (unpaired) electrons. The van der Waals surface area contributed by atoms with E-state index in [4.69, 9.17) is 25.8 Å². The number of aryl methyl sites for hydroxylation is 1. The number of nitrogens with zero attached hydrogens (tertiary/aromatic N) is 2. The largest absolute Gasteiger partial charge is 0.491 e. The van der Waals surface area contributed by atoms with Gasteiger partial charge in [-0.3, -0.25) is 9.80 Å². The minimum atomic E-state index is -0.523. The van der Waals surface area contributed by atoms with Gasteiger partial charge in [-0.25, -0.2) is 0 Å². The number of ether oxygens (including phenoxy) is 3. The van der Waals surface area contributed by atoms with Crippen LogP contribution < -0.4 is 14.2 Å². The summed E-state index contributed by atoms with van der Waals surface area (Å²) in [6.45, 7) is 7.85. The summed E-state index contributed by atoms with van der Waals surface area (Å²) in [6.07, 6.45) is -0.523. The molecule has 6 nitrogen and oxygen atoms in total. The summed E-state index contributed by atoms with van der Waals surface area (Å²) < 4.78 is 16.6. The average Bonchev–Trinajstić information content (AvgIpc) is 3.17. The first-order valence-electron chi connectivity index (χ1n) is 9.97. The summed E-state index contributed by atoms with van der Waals surface area (Å²) in [7, 11) is 0. The maximum atomic E-state index is 10.4. The molecule has 0 bridgehead atoms. The molecule has 0 saturated carbocycles. The Kier molecular flexibility index (Phi) is 6.45. The number of aliphatic hydroxyl groups is 1. The fourth-order valence-corrected chi connectivity index (χ4v) is 3.97. The Morgan fingerprint density at radius 2 is 1.79 bits per heavy atom. The second-order valence-electron chi connectivity index (χ2n) is 7.64. The Hall–Kier alpha value is -1.99. The number of hydrogen-bond acceptors (Lipinski definition) is 6. The highest BCUT2D eigenvalue weighted by molar-refractivity contribution is 6.30. The summed E-state index contributed by atoms with van der Waals surface area (Å²) >= 11 is 5.97. The predicted molar refractivity (Wildman–Crippen MR) is 112 cm³/mol. The maximum absolute atomic E-state index is 10.4. The van der Waals surface area contributed by atoms with E-state index in [1.165, 1.54) is 5.56 Å². The van der Waals surface area contributed by atoms with Gasteiger partial charge in [0.25, 0.3) is 0 Å². The standard InChI is InChI=1S/C22H27ClN2O4/c1-16-10-18(23)3-5-20(16)27-14-19(26)13-25-8-6-24(7-9-25)12-17-2-4-21-22(11-17)29-15-28-21/h2-5,10-11,19,26H,6-9,12-15H2,1H3/t19-/m1/s1. The number of aliphatic hydroxyl groups excluding tert-OH is 1. The lowest BCUT2D eigenvalue weighted by Crippen LogP contribution is -2.48. The average molecular weight is 419 g/mol. The Balaban J connectivity index is 1.19. The minimum Gasteiger partial charge on any atom is -0.491 e. The Labute approximate surface area is 176 Å². The highest BCUT2D eigenvalue weighted by Crippen LogP contribution is 2.32. The topological polar surface area (TPSA) is 54.4 Å². The lowest BCUT2D eigenvalue weighted by atomic mass is 10.1. The summed E-state index contributed by atoms with van der Waals surface area (Å²) in [5, 5.41) is 11.1. The van der Waals surface area contributed by atoms with E-state index >= 15 is 0 Å². The van der Waals surface area contributed by atoms with Crippen LogP contribution in [0.25, 0.3) is 0 Å². The van der Waals surface area contributed by atoms with Crippen LogP contribution in [-0.4, -0.2) is 67.1 Å². The van der Waals surface area contributed by atoms with Crippen molar-refractivity contribution in [3.8, 4) is 17.2 Å². The van der Waals surface area contributed by atoms with Gasteiger partial charge in [0.2, 0.25) is 6.79 Å². The van der Waals surface area contributed by atoms with E-state index in [1.54, 1.807) is 6.07 Å². The molecule has 1 atom stereocenters. The van der Waals surface area contributed by atoms with Gasteiger partial charge in [-0.15, -0.1) is 0 Å². The van der Waals surface area contributed by atoms with Crippen LogP contribution in [0.1, 0.15) is 11.1 Å². The van der Waals surface area contributed by atoms with Crippen molar-refractivity contribution in [1.82, 2.24) is 9.80 Å². The zero-order valence-corrected chi connectivity index (χ0v) is 17.4. The Morgan fingerprint density at radius 1 is 1.03 bits per heavy atom. The molecule has 0 aliphatic carbocycles. The first-order valence-corrected chi connectivity index (χ1v) is 10.3. The summed E-state index contributed by atoms with van der Waals surface area (Å²) in [4.78, 5) is 4.72. The number of benzene rings is 2. The van der Waals surface area contributed by atoms with Gasteiger partial charge in [-0.05, 0) is 48.4 Å². The predicted octanol–water partition coefficient (Wildman–Crippen LogP) is 2.93. The highest BCUT2D eigenvalue weighted by atomic mass is 35.5. The van der Waals surface area contributed by atoms with Gasteiger partial charge in [-0.2, -0.15) is 0 Å². The van der Waals surface area contributed by atoms with E-state index < -0.39 is 6.10 Å². The number of piperazine rings is 1. The number of β-amino-alcohol motifs (C(OH)–C–C–N with tert-alkyl or cyclic N) is 1. The van der Waals surface area contributed by atoms with Gasteiger partial charge >= 0.3 is 0 Å². The number of halogens is 1. The van der Waals surface area contributed by atoms with Crippen molar-refractivity contribution in [3.63, 3.8) is 0 Å². The number of fused-ring (bicyclic) bond motifs is 1. The maximum Gasteiger partial charge on any atom is 0.231 e. The quantitative estimate of drug-likeness (QED) is 0.746. The zero-order chi connectivity index (χ0) is 20.2. The number of rotatable bonds is 7. The summed E-state index contributed by atoms with van der Waals surface area (Å²) in [5.74, 6) is 2.42. The molecule has 7 heteroatoms. The lowest BCUT2D eigenvalue weighted by Gasteiger charge is -2.35. The second-order valence-corrected chi connectivity index (χ2v) is 8.08. The molecule has 29 heavy (non-hydrogen) atoms. The molecular weight excluding hydrogens is 392 g/mol. The minimum absolute atomic E-state index is 0.278. The van der Waals surface area contributed by atoms with Crippen molar-refractivity contribution in [1.29, 1.82) is 0 Å². The molecule has 1 saturated heterocycles. The molecule has 156 valence electrons. The van der Waals surface area contributed by atoms with Gasteiger partial charge in [0.15, 0.2) is 11.5 Å². The fraction of sp³-hybridized carbons (Fsp3) is 0.455. The SMILES string of the molecule is Cc1cc(Cl)ccc1OC[C@H](O)CN1CCN(Cc2ccc3c(c2)OCO3)CC1. The molecule has 2 heterocycles. The van der Waals surface area contributed by atoms with Gasteiger partial charge in [0, 0.05) is 44.3 Å². The third kappa shape index (κ3) is 5.34. The molecule has 0 unspecified atom stereocenters. The first kappa shape index (κ1) is 20.3. The zero-order valence-electron chi connectivity index (χ0n) is 16.6. The van der Waals surface area contributed by atoms with Crippen LogP contribution in [0.4, 0.5) is 0 Å². The van der Waals surface area contributed by atoms with E-state index in [2.05, 4.69) is 21.9 Å². The lowest BCUT2D eigenvalue weighted by molar-refractivity contribution is 0.0445. The first-order chi connectivity index (χ1) is 14.1. The third-order valence-electron chi connectivity index (χ3n) is 5.35. The van der Waals surface area contributed by atoms with Crippen molar-refractivity contribution in [2.45, 2.75) is 19.6 Å². The Morgan fingerprint density at radius 3 is 2.59 bits per heavy atom. The highest BCUT2D eigenvalue weighted by Gasteiger charge is 2.21.